The molecule has 8 nitrogen and oxygen atoms in total. The van der Waals surface area contributed by atoms with Gasteiger partial charge in [0.25, 0.3) is 0 Å². The lowest BCUT2D eigenvalue weighted by Crippen LogP contribution is -2.48. The number of fused-ring (bicyclic) bond motifs is 1. The van der Waals surface area contributed by atoms with E-state index in [4.69, 9.17) is 14.2 Å². The first kappa shape index (κ1) is 21.4. The second-order valence-electron chi connectivity index (χ2n) is 8.52. The standard InChI is InChI=1S/C23H28N2O6/c1-5-30-15-8-6-14(7-9-15)24-20(26)17-16-10-11-23(31-16)12-25(21(27)18(17)23)19(13(2)3)22(28)29-4/h6-11,13,16-19H,5,12H2,1-4H3,(H,24,26)/t16-,17-,18-,19+,23-/m0/s1. The molecule has 0 unspecified atom stereocenters. The number of likely N-dealkylation sites (tertiary alicyclic amines) is 1. The smallest absolute Gasteiger partial charge is 0.328 e. The molecule has 8 heteroatoms. The van der Waals surface area contributed by atoms with Crippen molar-refractivity contribution in [2.24, 2.45) is 17.8 Å². The molecule has 5 atom stereocenters. The van der Waals surface area contributed by atoms with Gasteiger partial charge in [0, 0.05) is 5.69 Å². The van der Waals surface area contributed by atoms with Crippen LogP contribution in [0.4, 0.5) is 5.69 Å². The lowest BCUT2D eigenvalue weighted by atomic mass is 9.76. The van der Waals surface area contributed by atoms with Crippen molar-refractivity contribution in [2.75, 3.05) is 25.6 Å². The number of carbonyl (C=O) groups is 3. The highest BCUT2D eigenvalue weighted by Gasteiger charge is 2.68. The summed E-state index contributed by atoms with van der Waals surface area (Å²) in [6, 6.07) is 6.37. The zero-order valence-electron chi connectivity index (χ0n) is 18.2. The fourth-order valence-electron chi connectivity index (χ4n) is 4.97. The van der Waals surface area contributed by atoms with Crippen molar-refractivity contribution in [3.05, 3.63) is 36.4 Å². The zero-order chi connectivity index (χ0) is 22.3. The van der Waals surface area contributed by atoms with Crippen LogP contribution in [0.3, 0.4) is 0 Å². The molecule has 2 bridgehead atoms. The molecule has 3 heterocycles. The highest BCUT2D eigenvalue weighted by molar-refractivity contribution is 6.00. The summed E-state index contributed by atoms with van der Waals surface area (Å²) in [5, 5.41) is 2.90. The second kappa shape index (κ2) is 8.00. The first-order valence-electron chi connectivity index (χ1n) is 10.6. The van der Waals surface area contributed by atoms with Crippen LogP contribution in [-0.2, 0) is 23.9 Å². The number of benzene rings is 1. The van der Waals surface area contributed by atoms with Crippen LogP contribution in [0.25, 0.3) is 0 Å². The molecule has 4 rings (SSSR count). The minimum absolute atomic E-state index is 0.135. The quantitative estimate of drug-likeness (QED) is 0.527. The predicted octanol–water partition coefficient (Wildman–Crippen LogP) is 2.00. The number of nitrogens with zero attached hydrogens (tertiary/aromatic N) is 1. The third kappa shape index (κ3) is 3.48. The molecule has 1 spiro atoms. The van der Waals surface area contributed by atoms with E-state index >= 15 is 0 Å². The summed E-state index contributed by atoms with van der Waals surface area (Å²) in [5.74, 6) is -1.74. The molecule has 3 aliphatic rings. The number of nitrogens with one attached hydrogen (secondary N) is 1. The van der Waals surface area contributed by atoms with Gasteiger partial charge in [-0.3, -0.25) is 9.59 Å². The van der Waals surface area contributed by atoms with E-state index in [0.29, 0.717) is 12.3 Å². The minimum atomic E-state index is -0.885. The third-order valence-corrected chi connectivity index (χ3v) is 6.28. The van der Waals surface area contributed by atoms with Crippen LogP contribution in [0.2, 0.25) is 0 Å². The average Bonchev–Trinajstić information content (AvgIpc) is 3.38. The Hall–Kier alpha value is -2.87. The summed E-state index contributed by atoms with van der Waals surface area (Å²) in [7, 11) is 1.31. The lowest BCUT2D eigenvalue weighted by Gasteiger charge is -2.30. The number of carbonyl (C=O) groups excluding carboxylic acids is 3. The fourth-order valence-corrected chi connectivity index (χ4v) is 4.97. The van der Waals surface area contributed by atoms with E-state index in [0.717, 1.165) is 5.75 Å². The first-order chi connectivity index (χ1) is 14.8. The molecule has 31 heavy (non-hydrogen) atoms. The fraction of sp³-hybridized carbons (Fsp3) is 0.522. The van der Waals surface area contributed by atoms with E-state index in [9.17, 15) is 14.4 Å². The van der Waals surface area contributed by atoms with Crippen LogP contribution in [0.5, 0.6) is 5.75 Å². The van der Waals surface area contributed by atoms with Crippen LogP contribution in [0, 0.1) is 17.8 Å². The summed E-state index contributed by atoms with van der Waals surface area (Å²) in [5.41, 5.74) is -0.268. The number of ether oxygens (including phenoxy) is 3. The largest absolute Gasteiger partial charge is 0.494 e. The molecule has 0 aromatic heterocycles. The highest BCUT2D eigenvalue weighted by atomic mass is 16.5. The van der Waals surface area contributed by atoms with Gasteiger partial charge in [-0.05, 0) is 37.1 Å². The number of hydrogen-bond acceptors (Lipinski definition) is 6. The second-order valence-corrected chi connectivity index (χ2v) is 8.52. The Bertz CT molecular complexity index is 911. The van der Waals surface area contributed by atoms with Gasteiger partial charge in [-0.25, -0.2) is 4.79 Å². The molecule has 2 amide bonds. The number of anilines is 1. The van der Waals surface area contributed by atoms with E-state index in [1.54, 1.807) is 24.3 Å². The molecule has 2 fully saturated rings. The van der Waals surface area contributed by atoms with Crippen LogP contribution in [0.1, 0.15) is 20.8 Å². The van der Waals surface area contributed by atoms with E-state index < -0.39 is 35.6 Å². The van der Waals surface area contributed by atoms with Gasteiger partial charge in [0.1, 0.15) is 17.4 Å². The molecule has 0 radical (unpaired) electrons. The van der Waals surface area contributed by atoms with Crippen LogP contribution < -0.4 is 10.1 Å². The molecule has 1 aromatic rings. The summed E-state index contributed by atoms with van der Waals surface area (Å²) < 4.78 is 16.5. The van der Waals surface area contributed by atoms with Crippen molar-refractivity contribution < 1.29 is 28.6 Å². The Labute approximate surface area is 181 Å². The van der Waals surface area contributed by atoms with Crippen molar-refractivity contribution in [2.45, 2.75) is 38.5 Å². The van der Waals surface area contributed by atoms with Crippen molar-refractivity contribution in [1.82, 2.24) is 4.90 Å². The van der Waals surface area contributed by atoms with E-state index in [1.165, 1.54) is 12.0 Å². The Morgan fingerprint density at radius 2 is 2.00 bits per heavy atom. The maximum atomic E-state index is 13.4. The van der Waals surface area contributed by atoms with Gasteiger partial charge in [0.15, 0.2) is 0 Å². The summed E-state index contributed by atoms with van der Waals surface area (Å²) in [6.45, 7) is 6.43. The highest BCUT2D eigenvalue weighted by Crippen LogP contribution is 2.52. The van der Waals surface area contributed by atoms with Crippen molar-refractivity contribution in [3.8, 4) is 5.75 Å². The van der Waals surface area contributed by atoms with Gasteiger partial charge in [-0.2, -0.15) is 0 Å². The van der Waals surface area contributed by atoms with Crippen LogP contribution in [-0.4, -0.2) is 60.7 Å². The Morgan fingerprint density at radius 3 is 2.61 bits per heavy atom. The first-order valence-corrected chi connectivity index (χ1v) is 10.6. The van der Waals surface area contributed by atoms with E-state index in [-0.39, 0.29) is 24.3 Å². The maximum Gasteiger partial charge on any atom is 0.328 e. The van der Waals surface area contributed by atoms with Crippen LogP contribution in [0.15, 0.2) is 36.4 Å². The topological polar surface area (TPSA) is 94.2 Å². The number of hydrogen-bond donors (Lipinski definition) is 1. The van der Waals surface area contributed by atoms with Gasteiger partial charge in [0.05, 0.1) is 38.2 Å². The Kier molecular flexibility index (Phi) is 5.51. The molecular formula is C23H28N2O6. The molecular weight excluding hydrogens is 400 g/mol. The zero-order valence-corrected chi connectivity index (χ0v) is 18.2. The average molecular weight is 428 g/mol. The lowest BCUT2D eigenvalue weighted by molar-refractivity contribution is -0.154. The summed E-state index contributed by atoms with van der Waals surface area (Å²) in [6.07, 6.45) is 3.25. The molecule has 0 aliphatic carbocycles. The number of rotatable bonds is 7. The van der Waals surface area contributed by atoms with Crippen molar-refractivity contribution in [3.63, 3.8) is 0 Å². The van der Waals surface area contributed by atoms with Gasteiger partial charge < -0.3 is 24.4 Å². The Morgan fingerprint density at radius 1 is 1.29 bits per heavy atom. The number of esters is 1. The minimum Gasteiger partial charge on any atom is -0.494 e. The van der Waals surface area contributed by atoms with Gasteiger partial charge in [-0.1, -0.05) is 26.0 Å². The van der Waals surface area contributed by atoms with Crippen LogP contribution >= 0.6 is 0 Å². The van der Waals surface area contributed by atoms with E-state index in [1.807, 2.05) is 32.9 Å². The third-order valence-electron chi connectivity index (χ3n) is 6.28. The van der Waals surface area contributed by atoms with Gasteiger partial charge in [0.2, 0.25) is 11.8 Å². The normalized spacial score (nSPS) is 29.3. The maximum absolute atomic E-state index is 13.4. The summed E-state index contributed by atoms with van der Waals surface area (Å²) >= 11 is 0. The molecule has 1 aromatic carbocycles. The number of methoxy groups -OCH3 is 1. The molecule has 2 saturated heterocycles. The molecule has 3 aliphatic heterocycles. The monoisotopic (exact) mass is 428 g/mol. The van der Waals surface area contributed by atoms with Crippen molar-refractivity contribution >= 4 is 23.5 Å². The summed E-state index contributed by atoms with van der Waals surface area (Å²) in [4.78, 5) is 40.5. The predicted molar refractivity (Wildman–Crippen MR) is 112 cm³/mol. The van der Waals surface area contributed by atoms with Crippen molar-refractivity contribution in [1.29, 1.82) is 0 Å². The van der Waals surface area contributed by atoms with E-state index in [2.05, 4.69) is 5.32 Å². The number of amides is 2. The van der Waals surface area contributed by atoms with Gasteiger partial charge >= 0.3 is 5.97 Å². The Balaban J connectivity index is 1.56. The molecule has 166 valence electrons. The molecule has 0 saturated carbocycles. The molecule has 1 N–H and O–H groups in total. The SMILES string of the molecule is CCOc1ccc(NC(=O)[C@H]2[C@@H]3C=C[C@@]4(CN([C@@H](C(=O)OC)C(C)C)C(=O)[C@H]24)O3)cc1. The van der Waals surface area contributed by atoms with Gasteiger partial charge in [-0.15, -0.1) is 0 Å².